The third-order valence-electron chi connectivity index (χ3n) is 3.90. The maximum absolute atomic E-state index is 12.0. The third-order valence-corrected chi connectivity index (χ3v) is 3.90. The van der Waals surface area contributed by atoms with Crippen LogP contribution in [-0.4, -0.2) is 23.7 Å². The third kappa shape index (κ3) is 3.96. The van der Waals surface area contributed by atoms with E-state index in [9.17, 15) is 9.59 Å². The molecule has 2 heterocycles. The number of hydrogen-bond donors (Lipinski definition) is 4. The van der Waals surface area contributed by atoms with Crippen molar-refractivity contribution in [1.29, 1.82) is 0 Å². The molecule has 2 aliphatic heterocycles. The molecule has 8 heteroatoms. The van der Waals surface area contributed by atoms with Crippen molar-refractivity contribution in [1.82, 2.24) is 21.5 Å². The number of amides is 2. The molecule has 0 atom stereocenters. The van der Waals surface area contributed by atoms with Crippen LogP contribution in [0.15, 0.2) is 82.0 Å². The van der Waals surface area contributed by atoms with Crippen LogP contribution >= 0.6 is 0 Å². The molecular weight excluding hydrogens is 356 g/mol. The molecule has 0 aliphatic carbocycles. The Balaban J connectivity index is 1.42. The lowest BCUT2D eigenvalue weighted by molar-refractivity contribution is -0.116. The fourth-order valence-corrected chi connectivity index (χ4v) is 2.59. The van der Waals surface area contributed by atoms with Gasteiger partial charge in [-0.2, -0.15) is 0 Å². The Kier molecular flexibility index (Phi) is 4.67. The minimum Gasteiger partial charge on any atom is -0.290 e. The summed E-state index contributed by atoms with van der Waals surface area (Å²) in [6.07, 6.45) is 3.36. The Morgan fingerprint density at radius 1 is 0.643 bits per heavy atom. The van der Waals surface area contributed by atoms with E-state index < -0.39 is 0 Å². The van der Waals surface area contributed by atoms with Crippen LogP contribution < -0.4 is 21.5 Å². The fourth-order valence-electron chi connectivity index (χ4n) is 2.59. The van der Waals surface area contributed by atoms with E-state index in [1.54, 1.807) is 12.2 Å². The highest BCUT2D eigenvalue weighted by molar-refractivity contribution is 6.16. The van der Waals surface area contributed by atoms with E-state index in [1.807, 2.05) is 60.7 Å². The number of carbonyl (C=O) groups is 2. The first-order valence-corrected chi connectivity index (χ1v) is 8.53. The summed E-state index contributed by atoms with van der Waals surface area (Å²) < 4.78 is 0. The highest BCUT2D eigenvalue weighted by Crippen LogP contribution is 2.12. The zero-order valence-corrected chi connectivity index (χ0v) is 14.6. The van der Waals surface area contributed by atoms with Gasteiger partial charge in [-0.3, -0.25) is 31.1 Å². The molecule has 4 N–H and O–H groups in total. The summed E-state index contributed by atoms with van der Waals surface area (Å²) in [5.74, 6) is -0.223. The molecule has 138 valence electrons. The average Bonchev–Trinajstić information content (AvgIpc) is 3.24. The number of guanidine groups is 2. The minimum absolute atomic E-state index is 0.213. The lowest BCUT2D eigenvalue weighted by atomic mass is 10.2. The second-order valence-corrected chi connectivity index (χ2v) is 5.96. The van der Waals surface area contributed by atoms with Crippen LogP contribution in [0, 0.1) is 0 Å². The molecule has 0 saturated heterocycles. The first-order chi connectivity index (χ1) is 13.7. The van der Waals surface area contributed by atoms with E-state index in [4.69, 9.17) is 0 Å². The van der Waals surface area contributed by atoms with Gasteiger partial charge in [-0.25, -0.2) is 9.98 Å². The van der Waals surface area contributed by atoms with Gasteiger partial charge in [0, 0.05) is 0 Å². The molecule has 2 aliphatic rings. The summed E-state index contributed by atoms with van der Waals surface area (Å²) >= 11 is 0. The Bertz CT molecular complexity index is 953. The largest absolute Gasteiger partial charge is 0.290 e. The lowest BCUT2D eigenvalue weighted by Crippen LogP contribution is -2.50. The van der Waals surface area contributed by atoms with Gasteiger partial charge in [-0.1, -0.05) is 60.7 Å². The summed E-state index contributed by atoms with van der Waals surface area (Å²) in [7, 11) is 0. The van der Waals surface area contributed by atoms with Crippen LogP contribution in [0.3, 0.4) is 0 Å². The molecule has 4 rings (SSSR count). The number of carbonyl (C=O) groups excluding carboxylic acids is 2. The molecule has 0 bridgehead atoms. The molecular formula is C20H16N6O2. The zero-order chi connectivity index (χ0) is 19.3. The number of aliphatic imine (C=N–C) groups is 2. The Labute approximate surface area is 160 Å². The topological polar surface area (TPSA) is 107 Å². The SMILES string of the molecule is O=C1NC(NNC2=N/C(=C\c3ccccc3)C(=O)N2)=N/C1=C\c1ccccc1. The van der Waals surface area contributed by atoms with Crippen molar-refractivity contribution < 1.29 is 9.59 Å². The molecule has 2 aromatic rings. The van der Waals surface area contributed by atoms with E-state index in [-0.39, 0.29) is 35.1 Å². The number of hydrogen-bond acceptors (Lipinski definition) is 6. The number of benzene rings is 2. The highest BCUT2D eigenvalue weighted by atomic mass is 16.2. The van der Waals surface area contributed by atoms with Crippen LogP contribution in [-0.2, 0) is 9.59 Å². The van der Waals surface area contributed by atoms with Gasteiger partial charge in [-0.05, 0) is 23.3 Å². The normalized spacial score (nSPS) is 18.6. The molecule has 0 aromatic heterocycles. The van der Waals surface area contributed by atoms with Crippen molar-refractivity contribution in [2.45, 2.75) is 0 Å². The fraction of sp³-hybridized carbons (Fsp3) is 0. The van der Waals surface area contributed by atoms with Gasteiger partial charge in [0.1, 0.15) is 11.4 Å². The number of nitrogens with zero attached hydrogens (tertiary/aromatic N) is 2. The van der Waals surface area contributed by atoms with Crippen molar-refractivity contribution in [2.75, 3.05) is 0 Å². The van der Waals surface area contributed by atoms with Crippen LogP contribution in [0.5, 0.6) is 0 Å². The number of hydrazine groups is 1. The summed E-state index contributed by atoms with van der Waals surface area (Å²) in [5, 5.41) is 5.19. The molecule has 2 aromatic carbocycles. The Morgan fingerprint density at radius 3 is 1.43 bits per heavy atom. The van der Waals surface area contributed by atoms with Crippen molar-refractivity contribution >= 4 is 35.9 Å². The first-order valence-electron chi connectivity index (χ1n) is 8.53. The second-order valence-electron chi connectivity index (χ2n) is 5.96. The smallest absolute Gasteiger partial charge is 0.276 e. The van der Waals surface area contributed by atoms with E-state index in [1.165, 1.54) is 0 Å². The quantitative estimate of drug-likeness (QED) is 0.468. The van der Waals surface area contributed by atoms with Crippen molar-refractivity contribution in [2.24, 2.45) is 9.98 Å². The summed E-state index contributed by atoms with van der Waals surface area (Å²) in [6.45, 7) is 0. The number of rotatable bonds is 2. The first kappa shape index (κ1) is 17.2. The Morgan fingerprint density at radius 2 is 1.04 bits per heavy atom. The van der Waals surface area contributed by atoms with Crippen LogP contribution in [0.25, 0.3) is 12.2 Å². The summed E-state index contributed by atoms with van der Waals surface area (Å²) in [6, 6.07) is 18.8. The Hall–Kier alpha value is -4.20. The van der Waals surface area contributed by atoms with Crippen molar-refractivity contribution in [3.05, 3.63) is 83.2 Å². The maximum Gasteiger partial charge on any atom is 0.276 e. The molecule has 28 heavy (non-hydrogen) atoms. The second kappa shape index (κ2) is 7.58. The molecule has 0 radical (unpaired) electrons. The predicted octanol–water partition coefficient (Wildman–Crippen LogP) is 1.13. The van der Waals surface area contributed by atoms with E-state index >= 15 is 0 Å². The standard InChI is InChI=1S/C20H16N6O2/c27-17-15(11-13-7-3-1-4-8-13)21-19(23-17)25-26-20-22-16(18(28)24-20)12-14-9-5-2-6-10-14/h1-12H,(H2,21,23,25,27)(H2,22,24,26,28)/b15-11-,16-12-. The molecule has 0 fully saturated rings. The van der Waals surface area contributed by atoms with Gasteiger partial charge in [0.25, 0.3) is 11.8 Å². The van der Waals surface area contributed by atoms with E-state index in [2.05, 4.69) is 31.5 Å². The van der Waals surface area contributed by atoms with E-state index in [0.29, 0.717) is 0 Å². The summed E-state index contributed by atoms with van der Waals surface area (Å²) in [4.78, 5) is 32.4. The molecule has 0 saturated carbocycles. The van der Waals surface area contributed by atoms with Crippen LogP contribution in [0.2, 0.25) is 0 Å². The number of nitrogens with one attached hydrogen (secondary N) is 4. The van der Waals surface area contributed by atoms with Crippen LogP contribution in [0.4, 0.5) is 0 Å². The summed E-state index contributed by atoms with van der Waals surface area (Å²) in [5.41, 5.74) is 7.75. The molecule has 2 amide bonds. The van der Waals surface area contributed by atoms with Gasteiger partial charge in [0.15, 0.2) is 0 Å². The van der Waals surface area contributed by atoms with Crippen LogP contribution in [0.1, 0.15) is 11.1 Å². The molecule has 8 nitrogen and oxygen atoms in total. The molecule has 0 unspecified atom stereocenters. The van der Waals surface area contributed by atoms with Crippen molar-refractivity contribution in [3.8, 4) is 0 Å². The van der Waals surface area contributed by atoms with Gasteiger partial charge < -0.3 is 0 Å². The highest BCUT2D eigenvalue weighted by Gasteiger charge is 2.23. The average molecular weight is 372 g/mol. The monoisotopic (exact) mass is 372 g/mol. The molecule has 0 spiro atoms. The maximum atomic E-state index is 12.0. The van der Waals surface area contributed by atoms with Gasteiger partial charge in [-0.15, -0.1) is 0 Å². The minimum atomic E-state index is -0.324. The van der Waals surface area contributed by atoms with Gasteiger partial charge in [0.05, 0.1) is 0 Å². The zero-order valence-electron chi connectivity index (χ0n) is 14.6. The lowest BCUT2D eigenvalue weighted by Gasteiger charge is -2.07. The van der Waals surface area contributed by atoms with Gasteiger partial charge >= 0.3 is 0 Å². The van der Waals surface area contributed by atoms with Gasteiger partial charge in [0.2, 0.25) is 11.9 Å². The van der Waals surface area contributed by atoms with E-state index in [0.717, 1.165) is 11.1 Å². The van der Waals surface area contributed by atoms with Crippen molar-refractivity contribution in [3.63, 3.8) is 0 Å². The predicted molar refractivity (Wildman–Crippen MR) is 106 cm³/mol.